The molecule has 0 aliphatic carbocycles. The number of esters is 1. The molecule has 0 bridgehead atoms. The monoisotopic (exact) mass is 495 g/mol. The first-order valence-electron chi connectivity index (χ1n) is 7.96. The molecule has 3 rings (SSSR count). The van der Waals surface area contributed by atoms with Crippen LogP contribution in [-0.4, -0.2) is 23.7 Å². The van der Waals surface area contributed by atoms with Crippen LogP contribution in [0.3, 0.4) is 0 Å². The van der Waals surface area contributed by atoms with Gasteiger partial charge < -0.3 is 9.47 Å². The molecule has 1 aliphatic heterocycles. The van der Waals surface area contributed by atoms with Gasteiger partial charge in [0.1, 0.15) is 0 Å². The van der Waals surface area contributed by atoms with Crippen molar-refractivity contribution in [2.45, 2.75) is 6.92 Å². The number of benzene rings is 2. The number of halogens is 1. The molecule has 0 unspecified atom stereocenters. The largest absolute Gasteiger partial charge is 0.490 e. The molecule has 0 saturated carbocycles. The minimum absolute atomic E-state index is 0.298. The van der Waals surface area contributed by atoms with Crippen LogP contribution in [0.1, 0.15) is 22.8 Å². The third-order valence-corrected chi connectivity index (χ3v) is 5.09. The minimum atomic E-state index is -0.489. The lowest BCUT2D eigenvalue weighted by molar-refractivity contribution is -0.115. The highest BCUT2D eigenvalue weighted by Gasteiger charge is 2.25. The highest BCUT2D eigenvalue weighted by atomic mass is 127. The molecule has 6 nitrogen and oxygen atoms in total. The van der Waals surface area contributed by atoms with Crippen molar-refractivity contribution in [3.8, 4) is 11.5 Å². The number of carbonyl (C=O) groups excluding carboxylic acids is 3. The Hall–Kier alpha value is -2.33. The van der Waals surface area contributed by atoms with Crippen LogP contribution in [0.4, 0.5) is 4.79 Å². The quantitative estimate of drug-likeness (QED) is 0.290. The standard InChI is InChI=1S/C19H14INO5S/c1-2-25-14-9-11(10-15-17(22)21-19(24)27-15)8-13(20)16(14)26-18(23)12-6-4-3-5-7-12/h3-10H,2H2,1H3,(H,21,22,24)/b15-10-. The van der Waals surface area contributed by atoms with E-state index in [0.29, 0.717) is 37.7 Å². The van der Waals surface area contributed by atoms with Crippen molar-refractivity contribution in [2.75, 3.05) is 6.61 Å². The van der Waals surface area contributed by atoms with E-state index in [1.165, 1.54) is 0 Å². The van der Waals surface area contributed by atoms with E-state index in [9.17, 15) is 14.4 Å². The summed E-state index contributed by atoms with van der Waals surface area (Å²) in [5.41, 5.74) is 1.09. The fraction of sp³-hybridized carbons (Fsp3) is 0.105. The predicted octanol–water partition coefficient (Wildman–Crippen LogP) is 4.23. The van der Waals surface area contributed by atoms with Crippen LogP contribution in [0.2, 0.25) is 0 Å². The summed E-state index contributed by atoms with van der Waals surface area (Å²) in [4.78, 5) is 35.7. The van der Waals surface area contributed by atoms with Crippen LogP contribution < -0.4 is 14.8 Å². The van der Waals surface area contributed by atoms with Gasteiger partial charge in [-0.15, -0.1) is 0 Å². The fourth-order valence-corrected chi connectivity index (χ4v) is 3.75. The van der Waals surface area contributed by atoms with Crippen LogP contribution in [0.15, 0.2) is 47.4 Å². The molecule has 27 heavy (non-hydrogen) atoms. The molecule has 1 N–H and O–H groups in total. The molecular formula is C19H14INO5S. The van der Waals surface area contributed by atoms with Crippen molar-refractivity contribution >= 4 is 57.5 Å². The third kappa shape index (κ3) is 4.69. The summed E-state index contributed by atoms with van der Waals surface area (Å²) in [5.74, 6) is -0.224. The molecule has 1 aliphatic rings. The van der Waals surface area contributed by atoms with Gasteiger partial charge in [0.15, 0.2) is 11.5 Å². The fourth-order valence-electron chi connectivity index (χ4n) is 2.33. The number of nitrogens with one attached hydrogen (secondary N) is 1. The average molecular weight is 495 g/mol. The average Bonchev–Trinajstić information content (AvgIpc) is 2.96. The number of hydrogen-bond acceptors (Lipinski definition) is 6. The Balaban J connectivity index is 1.93. The minimum Gasteiger partial charge on any atom is -0.490 e. The van der Waals surface area contributed by atoms with Crippen molar-refractivity contribution in [1.82, 2.24) is 5.32 Å². The summed E-state index contributed by atoms with van der Waals surface area (Å²) in [6.45, 7) is 2.19. The van der Waals surface area contributed by atoms with Gasteiger partial charge in [0.2, 0.25) is 0 Å². The second kappa shape index (κ2) is 8.57. The summed E-state index contributed by atoms with van der Waals surface area (Å²) in [6.07, 6.45) is 1.60. The zero-order chi connectivity index (χ0) is 19.4. The zero-order valence-electron chi connectivity index (χ0n) is 14.2. The Bertz CT molecular complexity index is 943. The van der Waals surface area contributed by atoms with E-state index in [4.69, 9.17) is 9.47 Å². The first-order valence-corrected chi connectivity index (χ1v) is 9.86. The second-order valence-corrected chi connectivity index (χ2v) is 7.55. The molecule has 2 aromatic rings. The first-order chi connectivity index (χ1) is 13.0. The molecule has 2 aromatic carbocycles. The Morgan fingerprint density at radius 3 is 2.59 bits per heavy atom. The lowest BCUT2D eigenvalue weighted by Crippen LogP contribution is -2.17. The van der Waals surface area contributed by atoms with Gasteiger partial charge in [0, 0.05) is 0 Å². The zero-order valence-corrected chi connectivity index (χ0v) is 17.1. The highest BCUT2D eigenvalue weighted by molar-refractivity contribution is 14.1. The number of carbonyl (C=O) groups is 3. The molecule has 0 aromatic heterocycles. The normalized spacial score (nSPS) is 15.0. The van der Waals surface area contributed by atoms with Crippen molar-refractivity contribution < 1.29 is 23.9 Å². The van der Waals surface area contributed by atoms with Gasteiger partial charge in [-0.2, -0.15) is 0 Å². The SMILES string of the molecule is CCOc1cc(/C=C2\SC(=O)NC2=O)cc(I)c1OC(=O)c1ccccc1. The number of amides is 2. The first kappa shape index (κ1) is 19.4. The number of hydrogen-bond donors (Lipinski definition) is 1. The Morgan fingerprint density at radius 2 is 1.96 bits per heavy atom. The summed E-state index contributed by atoms with van der Waals surface area (Å²) in [6, 6.07) is 12.1. The summed E-state index contributed by atoms with van der Waals surface area (Å²) in [7, 11) is 0. The van der Waals surface area contributed by atoms with E-state index < -0.39 is 17.1 Å². The molecular weight excluding hydrogens is 481 g/mol. The van der Waals surface area contributed by atoms with Gasteiger partial charge in [-0.1, -0.05) is 18.2 Å². The Labute approximate surface area is 173 Å². The summed E-state index contributed by atoms with van der Waals surface area (Å²) in [5, 5.41) is 1.81. The molecule has 1 heterocycles. The van der Waals surface area contributed by atoms with E-state index in [1.807, 2.05) is 35.6 Å². The van der Waals surface area contributed by atoms with Crippen LogP contribution in [0.5, 0.6) is 11.5 Å². The number of imide groups is 1. The summed E-state index contributed by atoms with van der Waals surface area (Å²) >= 11 is 2.88. The maximum Gasteiger partial charge on any atom is 0.343 e. The Morgan fingerprint density at radius 1 is 1.22 bits per heavy atom. The lowest BCUT2D eigenvalue weighted by Gasteiger charge is -2.13. The van der Waals surface area contributed by atoms with Gasteiger partial charge in [-0.05, 0) is 77.2 Å². The Kier molecular flexibility index (Phi) is 6.17. The van der Waals surface area contributed by atoms with Gasteiger partial charge in [0.25, 0.3) is 11.1 Å². The maximum atomic E-state index is 12.4. The van der Waals surface area contributed by atoms with Crippen LogP contribution in [-0.2, 0) is 4.79 Å². The van der Waals surface area contributed by atoms with Crippen molar-refractivity contribution in [1.29, 1.82) is 0 Å². The van der Waals surface area contributed by atoms with E-state index >= 15 is 0 Å². The van der Waals surface area contributed by atoms with Crippen LogP contribution >= 0.6 is 34.4 Å². The molecule has 2 amide bonds. The number of thioether (sulfide) groups is 1. The van der Waals surface area contributed by atoms with Crippen molar-refractivity contribution in [3.05, 3.63) is 62.1 Å². The number of rotatable bonds is 5. The smallest absolute Gasteiger partial charge is 0.343 e. The van der Waals surface area contributed by atoms with Gasteiger partial charge in [-0.3, -0.25) is 14.9 Å². The molecule has 0 radical (unpaired) electrons. The van der Waals surface area contributed by atoms with E-state index in [2.05, 4.69) is 5.32 Å². The number of ether oxygens (including phenoxy) is 2. The van der Waals surface area contributed by atoms with Crippen LogP contribution in [0.25, 0.3) is 6.08 Å². The van der Waals surface area contributed by atoms with Gasteiger partial charge in [0.05, 0.1) is 20.6 Å². The second-order valence-electron chi connectivity index (χ2n) is 5.37. The third-order valence-electron chi connectivity index (χ3n) is 3.48. The van der Waals surface area contributed by atoms with E-state index in [-0.39, 0.29) is 0 Å². The molecule has 0 spiro atoms. The van der Waals surface area contributed by atoms with Crippen LogP contribution in [0, 0.1) is 3.57 Å². The summed E-state index contributed by atoms with van der Waals surface area (Å²) < 4.78 is 11.8. The molecule has 1 saturated heterocycles. The lowest BCUT2D eigenvalue weighted by atomic mass is 10.1. The van der Waals surface area contributed by atoms with Gasteiger partial charge in [-0.25, -0.2) is 4.79 Å². The predicted molar refractivity (Wildman–Crippen MR) is 111 cm³/mol. The molecule has 8 heteroatoms. The van der Waals surface area contributed by atoms with E-state index in [1.54, 1.807) is 42.5 Å². The van der Waals surface area contributed by atoms with Gasteiger partial charge >= 0.3 is 5.97 Å². The highest BCUT2D eigenvalue weighted by Crippen LogP contribution is 2.36. The molecule has 1 fully saturated rings. The van der Waals surface area contributed by atoms with Crippen molar-refractivity contribution in [3.63, 3.8) is 0 Å². The molecule has 138 valence electrons. The topological polar surface area (TPSA) is 81.7 Å². The maximum absolute atomic E-state index is 12.4. The molecule has 0 atom stereocenters. The van der Waals surface area contributed by atoms with Crippen molar-refractivity contribution in [2.24, 2.45) is 0 Å². The van der Waals surface area contributed by atoms with E-state index in [0.717, 1.165) is 11.8 Å².